The smallest absolute Gasteiger partial charge is 0.234 e. The third-order valence-electron chi connectivity index (χ3n) is 4.69. The monoisotopic (exact) mass is 541 g/mol. The molecule has 0 aliphatic rings. The molecule has 1 heterocycles. The average Bonchev–Trinajstić information content (AvgIpc) is 3.22. The van der Waals surface area contributed by atoms with Crippen molar-refractivity contribution in [1.82, 2.24) is 20.1 Å². The van der Waals surface area contributed by atoms with Crippen LogP contribution in [0, 0.1) is 0 Å². The maximum absolute atomic E-state index is 12.4. The van der Waals surface area contributed by atoms with E-state index in [1.807, 2.05) is 35.8 Å². The number of hydrogen-bond acceptors (Lipinski definition) is 6. The Morgan fingerprint density at radius 3 is 2.41 bits per heavy atom. The van der Waals surface area contributed by atoms with Gasteiger partial charge in [-0.15, -0.1) is 10.2 Å². The van der Waals surface area contributed by atoms with Gasteiger partial charge in [0.25, 0.3) is 0 Å². The van der Waals surface area contributed by atoms with Crippen LogP contribution in [0.2, 0.25) is 15.1 Å². The van der Waals surface area contributed by atoms with Crippen LogP contribution < -0.4 is 15.4 Å². The van der Waals surface area contributed by atoms with Crippen LogP contribution in [0.15, 0.2) is 41.6 Å². The number of nitrogens with zero attached hydrogens (tertiary/aromatic N) is 3. The van der Waals surface area contributed by atoms with Crippen LogP contribution in [0.25, 0.3) is 0 Å². The third kappa shape index (κ3) is 7.02. The number of carbonyl (C=O) groups is 2. The number of thioether (sulfide) groups is 1. The number of nitrogens with one attached hydrogen (secondary N) is 2. The highest BCUT2D eigenvalue weighted by molar-refractivity contribution is 7.99. The molecule has 0 atom stereocenters. The van der Waals surface area contributed by atoms with Crippen molar-refractivity contribution >= 4 is 64.1 Å². The van der Waals surface area contributed by atoms with Crippen LogP contribution in [0.1, 0.15) is 18.3 Å². The average molecular weight is 543 g/mol. The van der Waals surface area contributed by atoms with Gasteiger partial charge < -0.3 is 19.9 Å². The fourth-order valence-electron chi connectivity index (χ4n) is 2.98. The molecule has 3 rings (SSSR count). The normalized spacial score (nSPS) is 10.7. The van der Waals surface area contributed by atoms with Gasteiger partial charge in [0.1, 0.15) is 5.75 Å². The zero-order valence-electron chi connectivity index (χ0n) is 18.4. The largest absolute Gasteiger partial charge is 0.497 e. The Morgan fingerprint density at radius 1 is 1.03 bits per heavy atom. The van der Waals surface area contributed by atoms with Crippen LogP contribution in [-0.2, 0) is 29.1 Å². The molecule has 0 radical (unpaired) electrons. The standard InChI is InChI=1S/C22H22Cl3N5O3S/c1-3-30-19(11-26-20(31)8-13-4-6-14(33-2)7-5-13)28-29-22(30)34-12-21(32)27-18-10-16(24)15(23)9-17(18)25/h4-7,9-10H,3,8,11-12H2,1-2H3,(H,26,31)(H,27,32). The van der Waals surface area contributed by atoms with Crippen molar-refractivity contribution in [3.63, 3.8) is 0 Å². The Balaban J connectivity index is 1.53. The first-order valence-corrected chi connectivity index (χ1v) is 12.3. The minimum absolute atomic E-state index is 0.0819. The summed E-state index contributed by atoms with van der Waals surface area (Å²) in [6, 6.07) is 10.3. The highest BCUT2D eigenvalue weighted by Gasteiger charge is 2.15. The van der Waals surface area contributed by atoms with Crippen molar-refractivity contribution in [3.05, 3.63) is 62.9 Å². The number of rotatable bonds is 10. The molecule has 0 aliphatic carbocycles. The predicted molar refractivity (Wildman–Crippen MR) is 135 cm³/mol. The first-order chi connectivity index (χ1) is 16.3. The maximum Gasteiger partial charge on any atom is 0.234 e. The number of ether oxygens (including phenoxy) is 1. The molecule has 1 aromatic heterocycles. The molecular weight excluding hydrogens is 521 g/mol. The van der Waals surface area contributed by atoms with E-state index in [9.17, 15) is 9.59 Å². The summed E-state index contributed by atoms with van der Waals surface area (Å²) in [6.45, 7) is 2.74. The van der Waals surface area contributed by atoms with Crippen molar-refractivity contribution in [2.24, 2.45) is 0 Å². The van der Waals surface area contributed by atoms with Gasteiger partial charge in [0.2, 0.25) is 11.8 Å². The minimum atomic E-state index is -0.287. The van der Waals surface area contributed by atoms with Crippen LogP contribution in [0.3, 0.4) is 0 Å². The summed E-state index contributed by atoms with van der Waals surface area (Å²) in [5.74, 6) is 0.992. The first-order valence-electron chi connectivity index (χ1n) is 10.2. The summed E-state index contributed by atoms with van der Waals surface area (Å²) in [5, 5.41) is 15.3. The molecule has 0 fully saturated rings. The molecule has 34 heavy (non-hydrogen) atoms. The van der Waals surface area contributed by atoms with Crippen molar-refractivity contribution < 1.29 is 14.3 Å². The molecule has 2 N–H and O–H groups in total. The zero-order valence-corrected chi connectivity index (χ0v) is 21.5. The quantitative estimate of drug-likeness (QED) is 0.281. The second-order valence-corrected chi connectivity index (χ2v) is 9.19. The summed E-state index contributed by atoms with van der Waals surface area (Å²) in [5.41, 5.74) is 1.25. The first kappa shape index (κ1) is 26.2. The van der Waals surface area contributed by atoms with E-state index in [4.69, 9.17) is 39.5 Å². The summed E-state index contributed by atoms with van der Waals surface area (Å²) in [4.78, 5) is 24.7. The van der Waals surface area contributed by atoms with E-state index in [1.165, 1.54) is 23.9 Å². The molecule has 180 valence electrons. The van der Waals surface area contributed by atoms with Crippen LogP contribution in [0.4, 0.5) is 5.69 Å². The number of anilines is 1. The molecule has 0 spiro atoms. The van der Waals surface area contributed by atoms with Gasteiger partial charge in [0, 0.05) is 6.54 Å². The van der Waals surface area contributed by atoms with Gasteiger partial charge in [0.05, 0.1) is 46.6 Å². The van der Waals surface area contributed by atoms with E-state index < -0.39 is 0 Å². The lowest BCUT2D eigenvalue weighted by molar-refractivity contribution is -0.120. The van der Waals surface area contributed by atoms with E-state index in [0.29, 0.717) is 33.3 Å². The van der Waals surface area contributed by atoms with Crippen LogP contribution in [0.5, 0.6) is 5.75 Å². The van der Waals surface area contributed by atoms with Gasteiger partial charge in [-0.3, -0.25) is 9.59 Å². The number of hydrogen-bond donors (Lipinski definition) is 2. The van der Waals surface area contributed by atoms with Gasteiger partial charge in [-0.25, -0.2) is 0 Å². The molecule has 0 bridgehead atoms. The number of amides is 2. The van der Waals surface area contributed by atoms with Gasteiger partial charge in [-0.1, -0.05) is 58.7 Å². The molecule has 12 heteroatoms. The third-order valence-corrected chi connectivity index (χ3v) is 6.70. The van der Waals surface area contributed by atoms with Gasteiger partial charge in [-0.05, 0) is 36.8 Å². The van der Waals surface area contributed by atoms with Crippen molar-refractivity contribution in [1.29, 1.82) is 0 Å². The molecule has 0 saturated carbocycles. The number of methoxy groups -OCH3 is 1. The fourth-order valence-corrected chi connectivity index (χ4v) is 4.39. The lowest BCUT2D eigenvalue weighted by atomic mass is 10.1. The number of halogens is 3. The SMILES string of the molecule is CCn1c(CNC(=O)Cc2ccc(OC)cc2)nnc1SCC(=O)Nc1cc(Cl)c(Cl)cc1Cl. The summed E-state index contributed by atoms with van der Waals surface area (Å²) in [7, 11) is 1.59. The summed E-state index contributed by atoms with van der Waals surface area (Å²) < 4.78 is 6.97. The van der Waals surface area contributed by atoms with E-state index in [2.05, 4.69) is 20.8 Å². The lowest BCUT2D eigenvalue weighted by Gasteiger charge is -2.10. The summed E-state index contributed by atoms with van der Waals surface area (Å²) in [6.07, 6.45) is 0.239. The van der Waals surface area contributed by atoms with E-state index in [0.717, 1.165) is 11.3 Å². The Morgan fingerprint density at radius 2 is 1.74 bits per heavy atom. The molecule has 2 amide bonds. The Hall–Kier alpha value is -2.46. The minimum Gasteiger partial charge on any atom is -0.497 e. The second-order valence-electron chi connectivity index (χ2n) is 7.03. The van der Waals surface area contributed by atoms with Crippen molar-refractivity contribution in [2.75, 3.05) is 18.2 Å². The molecule has 0 unspecified atom stereocenters. The highest BCUT2D eigenvalue weighted by Crippen LogP contribution is 2.32. The Labute approximate surface area is 216 Å². The summed E-state index contributed by atoms with van der Waals surface area (Å²) >= 11 is 19.2. The topological polar surface area (TPSA) is 98.1 Å². The van der Waals surface area contributed by atoms with Gasteiger partial charge in [0.15, 0.2) is 11.0 Å². The van der Waals surface area contributed by atoms with Gasteiger partial charge >= 0.3 is 0 Å². The van der Waals surface area contributed by atoms with Crippen LogP contribution in [-0.4, -0.2) is 39.4 Å². The van der Waals surface area contributed by atoms with E-state index in [-0.39, 0.29) is 35.6 Å². The van der Waals surface area contributed by atoms with Crippen molar-refractivity contribution in [3.8, 4) is 5.75 Å². The lowest BCUT2D eigenvalue weighted by Crippen LogP contribution is -2.26. The number of carbonyl (C=O) groups excluding carboxylic acids is 2. The second kappa shape index (κ2) is 12.3. The number of benzene rings is 2. The zero-order chi connectivity index (χ0) is 24.7. The predicted octanol–water partition coefficient (Wildman–Crippen LogP) is 4.86. The Kier molecular flexibility index (Phi) is 9.46. The molecule has 0 saturated heterocycles. The molecule has 3 aromatic rings. The molecular formula is C22H22Cl3N5O3S. The van der Waals surface area contributed by atoms with E-state index in [1.54, 1.807) is 7.11 Å². The Bertz CT molecular complexity index is 1170. The number of aromatic nitrogens is 3. The maximum atomic E-state index is 12.4. The molecule has 2 aromatic carbocycles. The van der Waals surface area contributed by atoms with Gasteiger partial charge in [-0.2, -0.15) is 0 Å². The highest BCUT2D eigenvalue weighted by atomic mass is 35.5. The molecule has 8 nitrogen and oxygen atoms in total. The molecule has 0 aliphatic heterocycles. The van der Waals surface area contributed by atoms with Crippen molar-refractivity contribution in [2.45, 2.75) is 31.6 Å². The van der Waals surface area contributed by atoms with E-state index >= 15 is 0 Å². The van der Waals surface area contributed by atoms with Crippen LogP contribution >= 0.6 is 46.6 Å². The fraction of sp³-hybridized carbons (Fsp3) is 0.273.